The number of carbonyl (C=O) groups excluding carboxylic acids is 1. The van der Waals surface area contributed by atoms with E-state index in [1.165, 1.54) is 6.07 Å². The quantitative estimate of drug-likeness (QED) is 0.790. The molecular formula is C12H18N4O2. The molecule has 0 atom stereocenters. The first-order valence-corrected chi connectivity index (χ1v) is 6.17. The van der Waals surface area contributed by atoms with Gasteiger partial charge < -0.3 is 10.6 Å². The zero-order valence-corrected chi connectivity index (χ0v) is 10.6. The molecule has 6 nitrogen and oxygen atoms in total. The highest BCUT2D eigenvalue weighted by atomic mass is 16.2. The SMILES string of the molecule is CC(C)NC(=O)Cn1ncc(NC2CC2)cc1=O. The van der Waals surface area contributed by atoms with E-state index in [1.807, 2.05) is 13.8 Å². The molecule has 1 aliphatic rings. The smallest absolute Gasteiger partial charge is 0.269 e. The molecule has 0 unspecified atom stereocenters. The molecule has 2 N–H and O–H groups in total. The molecule has 0 bridgehead atoms. The number of hydrogen-bond donors (Lipinski definition) is 2. The summed E-state index contributed by atoms with van der Waals surface area (Å²) in [4.78, 5) is 23.3. The molecule has 2 rings (SSSR count). The molecule has 0 aliphatic heterocycles. The standard InChI is InChI=1S/C12H18N4O2/c1-8(2)14-11(17)7-16-12(18)5-10(6-13-16)15-9-3-4-9/h5-6,8-9,15H,3-4,7H2,1-2H3,(H,14,17). The second-order valence-electron chi connectivity index (χ2n) is 4.88. The number of aromatic nitrogens is 2. The van der Waals surface area contributed by atoms with Crippen molar-refractivity contribution in [3.05, 3.63) is 22.6 Å². The lowest BCUT2D eigenvalue weighted by Crippen LogP contribution is -2.36. The molecule has 1 aliphatic carbocycles. The van der Waals surface area contributed by atoms with Crippen LogP contribution in [0.3, 0.4) is 0 Å². The first-order valence-electron chi connectivity index (χ1n) is 6.17. The third-order valence-corrected chi connectivity index (χ3v) is 2.56. The maximum atomic E-state index is 11.7. The maximum Gasteiger partial charge on any atom is 0.269 e. The summed E-state index contributed by atoms with van der Waals surface area (Å²) in [5, 5.41) is 9.90. The third-order valence-electron chi connectivity index (χ3n) is 2.56. The predicted octanol–water partition coefficient (Wildman–Crippen LogP) is 0.342. The van der Waals surface area contributed by atoms with Gasteiger partial charge in [-0.3, -0.25) is 9.59 Å². The summed E-state index contributed by atoms with van der Waals surface area (Å²) in [6.45, 7) is 3.70. The van der Waals surface area contributed by atoms with Crippen molar-refractivity contribution >= 4 is 11.6 Å². The third kappa shape index (κ3) is 3.58. The summed E-state index contributed by atoms with van der Waals surface area (Å²) in [7, 11) is 0. The van der Waals surface area contributed by atoms with Crippen molar-refractivity contribution in [3.8, 4) is 0 Å². The van der Waals surface area contributed by atoms with Crippen LogP contribution >= 0.6 is 0 Å². The molecule has 0 spiro atoms. The zero-order valence-electron chi connectivity index (χ0n) is 10.6. The van der Waals surface area contributed by atoms with Crippen molar-refractivity contribution in [2.45, 2.75) is 45.3 Å². The lowest BCUT2D eigenvalue weighted by Gasteiger charge is -2.09. The molecule has 0 saturated heterocycles. The van der Waals surface area contributed by atoms with E-state index in [0.717, 1.165) is 23.2 Å². The Morgan fingerprint density at radius 3 is 2.83 bits per heavy atom. The van der Waals surface area contributed by atoms with Gasteiger partial charge in [0, 0.05) is 18.2 Å². The summed E-state index contributed by atoms with van der Waals surface area (Å²) >= 11 is 0. The summed E-state index contributed by atoms with van der Waals surface area (Å²) < 4.78 is 1.16. The van der Waals surface area contributed by atoms with Crippen LogP contribution in [0.2, 0.25) is 0 Å². The van der Waals surface area contributed by atoms with Crippen molar-refractivity contribution < 1.29 is 4.79 Å². The van der Waals surface area contributed by atoms with Gasteiger partial charge in [-0.05, 0) is 26.7 Å². The number of amides is 1. The topological polar surface area (TPSA) is 76.0 Å². The molecule has 1 aromatic heterocycles. The minimum Gasteiger partial charge on any atom is -0.381 e. The van der Waals surface area contributed by atoms with E-state index < -0.39 is 0 Å². The van der Waals surface area contributed by atoms with Gasteiger partial charge in [0.15, 0.2) is 0 Å². The molecule has 1 amide bonds. The molecule has 1 heterocycles. The van der Waals surface area contributed by atoms with Crippen molar-refractivity contribution in [2.24, 2.45) is 0 Å². The summed E-state index contributed by atoms with van der Waals surface area (Å²) in [5.41, 5.74) is 0.461. The minimum atomic E-state index is -0.264. The van der Waals surface area contributed by atoms with Gasteiger partial charge in [-0.2, -0.15) is 5.10 Å². The van der Waals surface area contributed by atoms with Crippen LogP contribution in [-0.4, -0.2) is 27.8 Å². The Labute approximate surface area is 105 Å². The Bertz CT molecular complexity index is 491. The highest BCUT2D eigenvalue weighted by molar-refractivity contribution is 5.75. The first-order chi connectivity index (χ1) is 8.54. The summed E-state index contributed by atoms with van der Waals surface area (Å²) in [6.07, 6.45) is 3.86. The Hall–Kier alpha value is -1.85. The average Bonchev–Trinajstić information content (AvgIpc) is 3.05. The van der Waals surface area contributed by atoms with E-state index >= 15 is 0 Å². The lowest BCUT2D eigenvalue weighted by atomic mass is 10.4. The second kappa shape index (κ2) is 5.20. The Kier molecular flexibility index (Phi) is 3.64. The number of rotatable bonds is 5. The molecular weight excluding hydrogens is 232 g/mol. The van der Waals surface area contributed by atoms with Crippen LogP contribution < -0.4 is 16.2 Å². The van der Waals surface area contributed by atoms with E-state index in [4.69, 9.17) is 0 Å². The fraction of sp³-hybridized carbons (Fsp3) is 0.583. The van der Waals surface area contributed by atoms with Gasteiger partial charge in [0.2, 0.25) is 5.91 Å². The molecule has 0 aromatic carbocycles. The Balaban J connectivity index is 2.00. The molecule has 18 heavy (non-hydrogen) atoms. The Morgan fingerprint density at radius 1 is 1.56 bits per heavy atom. The van der Waals surface area contributed by atoms with Crippen LogP contribution in [0.25, 0.3) is 0 Å². The molecule has 1 fully saturated rings. The van der Waals surface area contributed by atoms with Gasteiger partial charge in [-0.15, -0.1) is 0 Å². The number of nitrogens with one attached hydrogen (secondary N) is 2. The number of nitrogens with zero attached hydrogens (tertiary/aromatic N) is 2. The van der Waals surface area contributed by atoms with E-state index in [0.29, 0.717) is 6.04 Å². The van der Waals surface area contributed by atoms with Crippen molar-refractivity contribution in [2.75, 3.05) is 5.32 Å². The van der Waals surface area contributed by atoms with Gasteiger partial charge in [0.05, 0.1) is 11.9 Å². The van der Waals surface area contributed by atoms with E-state index in [-0.39, 0.29) is 24.1 Å². The maximum absolute atomic E-state index is 11.7. The van der Waals surface area contributed by atoms with Crippen LogP contribution in [0.4, 0.5) is 5.69 Å². The van der Waals surface area contributed by atoms with Crippen LogP contribution in [-0.2, 0) is 11.3 Å². The largest absolute Gasteiger partial charge is 0.381 e. The summed E-state index contributed by atoms with van der Waals surface area (Å²) in [5.74, 6) is -0.206. The zero-order chi connectivity index (χ0) is 13.1. The van der Waals surface area contributed by atoms with Crippen molar-refractivity contribution in [1.29, 1.82) is 0 Å². The molecule has 6 heteroatoms. The van der Waals surface area contributed by atoms with Crippen LogP contribution in [0.15, 0.2) is 17.1 Å². The van der Waals surface area contributed by atoms with E-state index in [1.54, 1.807) is 6.20 Å². The van der Waals surface area contributed by atoms with Crippen LogP contribution in [0.5, 0.6) is 0 Å². The highest BCUT2D eigenvalue weighted by Gasteiger charge is 2.21. The van der Waals surface area contributed by atoms with Gasteiger partial charge in [-0.1, -0.05) is 0 Å². The number of carbonyl (C=O) groups is 1. The second-order valence-corrected chi connectivity index (χ2v) is 4.88. The van der Waals surface area contributed by atoms with Crippen molar-refractivity contribution in [3.63, 3.8) is 0 Å². The fourth-order valence-corrected chi connectivity index (χ4v) is 1.60. The van der Waals surface area contributed by atoms with Gasteiger partial charge in [0.25, 0.3) is 5.56 Å². The summed E-state index contributed by atoms with van der Waals surface area (Å²) in [6, 6.07) is 2.02. The molecule has 0 radical (unpaired) electrons. The number of hydrogen-bond acceptors (Lipinski definition) is 4. The number of anilines is 1. The van der Waals surface area contributed by atoms with Crippen LogP contribution in [0, 0.1) is 0 Å². The van der Waals surface area contributed by atoms with Crippen LogP contribution in [0.1, 0.15) is 26.7 Å². The Morgan fingerprint density at radius 2 is 2.28 bits per heavy atom. The van der Waals surface area contributed by atoms with Crippen molar-refractivity contribution in [1.82, 2.24) is 15.1 Å². The lowest BCUT2D eigenvalue weighted by molar-refractivity contribution is -0.122. The monoisotopic (exact) mass is 250 g/mol. The first kappa shape index (κ1) is 12.6. The van der Waals surface area contributed by atoms with Gasteiger partial charge in [-0.25, -0.2) is 4.68 Å². The average molecular weight is 250 g/mol. The molecule has 1 saturated carbocycles. The minimum absolute atomic E-state index is 0.0410. The predicted molar refractivity (Wildman–Crippen MR) is 68.4 cm³/mol. The van der Waals surface area contributed by atoms with Gasteiger partial charge in [0.1, 0.15) is 6.54 Å². The van der Waals surface area contributed by atoms with E-state index in [2.05, 4.69) is 15.7 Å². The fourth-order valence-electron chi connectivity index (χ4n) is 1.60. The van der Waals surface area contributed by atoms with Gasteiger partial charge >= 0.3 is 0 Å². The molecule has 98 valence electrons. The molecule has 1 aromatic rings. The normalized spacial score (nSPS) is 14.6. The highest BCUT2D eigenvalue weighted by Crippen LogP contribution is 2.23. The van der Waals surface area contributed by atoms with E-state index in [9.17, 15) is 9.59 Å².